The third-order valence-electron chi connectivity index (χ3n) is 2.27. The zero-order valence-electron chi connectivity index (χ0n) is 9.34. The van der Waals surface area contributed by atoms with Crippen LogP contribution in [0.25, 0.3) is 11.4 Å². The summed E-state index contributed by atoms with van der Waals surface area (Å²) in [6, 6.07) is 10.9. The van der Waals surface area contributed by atoms with E-state index in [-0.39, 0.29) is 5.69 Å². The van der Waals surface area contributed by atoms with Gasteiger partial charge >= 0.3 is 0 Å². The highest BCUT2D eigenvalue weighted by Crippen LogP contribution is 2.17. The van der Waals surface area contributed by atoms with Crippen LogP contribution in [0.1, 0.15) is 10.5 Å². The minimum absolute atomic E-state index is 0.197. The van der Waals surface area contributed by atoms with E-state index in [4.69, 9.17) is 5.73 Å². The molecule has 0 saturated heterocycles. The zero-order valence-corrected chi connectivity index (χ0v) is 9.34. The van der Waals surface area contributed by atoms with Gasteiger partial charge in [-0.15, -0.1) is 0 Å². The summed E-state index contributed by atoms with van der Waals surface area (Å²) in [5.41, 5.74) is 6.26. The van der Waals surface area contributed by atoms with Crippen LogP contribution < -0.4 is 11.1 Å². The van der Waals surface area contributed by atoms with Gasteiger partial charge in [-0.25, -0.2) is 9.97 Å². The highest BCUT2D eigenvalue weighted by molar-refractivity contribution is 5.92. The SMILES string of the molecule is CNc1cc(C(N)=O)nc(-c2ccccc2)n1. The van der Waals surface area contributed by atoms with Crippen LogP contribution >= 0.6 is 0 Å². The van der Waals surface area contributed by atoms with Crippen LogP contribution in [0, 0.1) is 0 Å². The summed E-state index contributed by atoms with van der Waals surface area (Å²) in [4.78, 5) is 19.6. The number of hydrogen-bond donors (Lipinski definition) is 2. The van der Waals surface area contributed by atoms with E-state index in [2.05, 4.69) is 15.3 Å². The number of anilines is 1. The monoisotopic (exact) mass is 228 g/mol. The molecule has 0 aliphatic carbocycles. The molecule has 0 spiro atoms. The molecule has 3 N–H and O–H groups in total. The number of amides is 1. The molecular weight excluding hydrogens is 216 g/mol. The summed E-state index contributed by atoms with van der Waals surface area (Å²) in [5.74, 6) is 0.472. The van der Waals surface area contributed by atoms with Gasteiger partial charge in [0, 0.05) is 18.7 Å². The Balaban J connectivity index is 2.54. The Kier molecular flexibility index (Phi) is 3.00. The topological polar surface area (TPSA) is 80.9 Å². The van der Waals surface area contributed by atoms with Crippen molar-refractivity contribution in [3.63, 3.8) is 0 Å². The van der Waals surface area contributed by atoms with Crippen molar-refractivity contribution in [2.75, 3.05) is 12.4 Å². The average Bonchev–Trinajstić information content (AvgIpc) is 2.39. The van der Waals surface area contributed by atoms with Crippen molar-refractivity contribution < 1.29 is 4.79 Å². The second kappa shape index (κ2) is 4.61. The fourth-order valence-corrected chi connectivity index (χ4v) is 1.42. The normalized spacial score (nSPS) is 9.94. The lowest BCUT2D eigenvalue weighted by Gasteiger charge is -2.05. The Bertz CT molecular complexity index is 539. The standard InChI is InChI=1S/C12H12N4O/c1-14-10-7-9(11(13)17)15-12(16-10)8-5-3-2-4-6-8/h2-7H,1H3,(H2,13,17)(H,14,15,16). The third-order valence-corrected chi connectivity index (χ3v) is 2.27. The molecule has 2 aromatic rings. The van der Waals surface area contributed by atoms with Gasteiger partial charge in [-0.3, -0.25) is 4.79 Å². The molecule has 2 rings (SSSR count). The number of hydrogen-bond acceptors (Lipinski definition) is 4. The van der Waals surface area contributed by atoms with Gasteiger partial charge in [0.15, 0.2) is 5.82 Å². The van der Waals surface area contributed by atoms with E-state index in [1.54, 1.807) is 7.05 Å². The second-order valence-electron chi connectivity index (χ2n) is 3.44. The largest absolute Gasteiger partial charge is 0.373 e. The number of aromatic nitrogens is 2. The molecular formula is C12H12N4O. The quantitative estimate of drug-likeness (QED) is 0.829. The van der Waals surface area contributed by atoms with Crippen LogP contribution in [0.3, 0.4) is 0 Å². The van der Waals surface area contributed by atoms with E-state index in [0.717, 1.165) is 5.56 Å². The Hall–Kier alpha value is -2.43. The molecule has 0 atom stereocenters. The zero-order chi connectivity index (χ0) is 12.3. The highest BCUT2D eigenvalue weighted by atomic mass is 16.1. The first-order valence-corrected chi connectivity index (χ1v) is 5.13. The van der Waals surface area contributed by atoms with Gasteiger partial charge in [0.2, 0.25) is 0 Å². The molecule has 0 unspecified atom stereocenters. The van der Waals surface area contributed by atoms with Crippen molar-refractivity contribution in [3.05, 3.63) is 42.1 Å². The van der Waals surface area contributed by atoms with E-state index >= 15 is 0 Å². The molecule has 1 aromatic heterocycles. The van der Waals surface area contributed by atoms with Crippen molar-refractivity contribution in [3.8, 4) is 11.4 Å². The molecule has 0 fully saturated rings. The number of carbonyl (C=O) groups excluding carboxylic acids is 1. The van der Waals surface area contributed by atoms with Crippen molar-refractivity contribution >= 4 is 11.7 Å². The van der Waals surface area contributed by atoms with E-state index < -0.39 is 5.91 Å². The van der Waals surface area contributed by atoms with Crippen LogP contribution in [0.2, 0.25) is 0 Å². The second-order valence-corrected chi connectivity index (χ2v) is 3.44. The maximum absolute atomic E-state index is 11.2. The summed E-state index contributed by atoms with van der Waals surface area (Å²) in [7, 11) is 1.72. The molecule has 5 heteroatoms. The van der Waals surface area contributed by atoms with Gasteiger partial charge in [0.05, 0.1) is 0 Å². The Labute approximate surface area is 98.7 Å². The molecule has 1 aromatic carbocycles. The Morgan fingerprint density at radius 2 is 1.94 bits per heavy atom. The number of benzene rings is 1. The molecule has 1 heterocycles. The molecule has 5 nitrogen and oxygen atoms in total. The smallest absolute Gasteiger partial charge is 0.267 e. The molecule has 86 valence electrons. The first kappa shape index (κ1) is 11.1. The Morgan fingerprint density at radius 1 is 1.24 bits per heavy atom. The maximum Gasteiger partial charge on any atom is 0.267 e. The predicted octanol–water partition coefficient (Wildman–Crippen LogP) is 1.28. The van der Waals surface area contributed by atoms with E-state index in [1.807, 2.05) is 30.3 Å². The first-order chi connectivity index (χ1) is 8.20. The minimum atomic E-state index is -0.568. The summed E-state index contributed by atoms with van der Waals surface area (Å²) < 4.78 is 0. The summed E-state index contributed by atoms with van der Waals surface area (Å²) in [6.07, 6.45) is 0. The molecule has 17 heavy (non-hydrogen) atoms. The summed E-state index contributed by atoms with van der Waals surface area (Å²) in [6.45, 7) is 0. The fourth-order valence-electron chi connectivity index (χ4n) is 1.42. The summed E-state index contributed by atoms with van der Waals surface area (Å²) in [5, 5.41) is 2.87. The third kappa shape index (κ3) is 2.39. The molecule has 1 amide bonds. The first-order valence-electron chi connectivity index (χ1n) is 5.13. The van der Waals surface area contributed by atoms with Gasteiger partial charge < -0.3 is 11.1 Å². The van der Waals surface area contributed by atoms with E-state index in [0.29, 0.717) is 11.6 Å². The van der Waals surface area contributed by atoms with Gasteiger partial charge in [-0.05, 0) is 0 Å². The van der Waals surface area contributed by atoms with Gasteiger partial charge in [0.1, 0.15) is 11.5 Å². The molecule has 0 aliphatic rings. The van der Waals surface area contributed by atoms with Gasteiger partial charge in [-0.1, -0.05) is 30.3 Å². The highest BCUT2D eigenvalue weighted by Gasteiger charge is 2.09. The number of nitrogens with two attached hydrogens (primary N) is 1. The number of primary amides is 1. The lowest BCUT2D eigenvalue weighted by Crippen LogP contribution is -2.14. The molecule has 0 radical (unpaired) electrons. The molecule has 0 bridgehead atoms. The lowest BCUT2D eigenvalue weighted by atomic mass is 10.2. The predicted molar refractivity (Wildman–Crippen MR) is 65.5 cm³/mol. The van der Waals surface area contributed by atoms with Crippen molar-refractivity contribution in [2.24, 2.45) is 5.73 Å². The molecule has 0 aliphatic heterocycles. The van der Waals surface area contributed by atoms with Crippen molar-refractivity contribution in [1.82, 2.24) is 9.97 Å². The van der Waals surface area contributed by atoms with Gasteiger partial charge in [-0.2, -0.15) is 0 Å². The van der Waals surface area contributed by atoms with Crippen LogP contribution in [0.5, 0.6) is 0 Å². The number of nitrogens with zero attached hydrogens (tertiary/aromatic N) is 2. The minimum Gasteiger partial charge on any atom is -0.373 e. The van der Waals surface area contributed by atoms with Crippen molar-refractivity contribution in [2.45, 2.75) is 0 Å². The summed E-state index contributed by atoms with van der Waals surface area (Å²) >= 11 is 0. The van der Waals surface area contributed by atoms with Crippen molar-refractivity contribution in [1.29, 1.82) is 0 Å². The number of carbonyl (C=O) groups is 1. The van der Waals surface area contributed by atoms with Crippen LogP contribution in [0.15, 0.2) is 36.4 Å². The Morgan fingerprint density at radius 3 is 2.53 bits per heavy atom. The number of nitrogens with one attached hydrogen (secondary N) is 1. The van der Waals surface area contributed by atoms with Crippen LogP contribution in [-0.2, 0) is 0 Å². The fraction of sp³-hybridized carbons (Fsp3) is 0.0833. The average molecular weight is 228 g/mol. The van der Waals surface area contributed by atoms with E-state index in [1.165, 1.54) is 6.07 Å². The number of rotatable bonds is 3. The maximum atomic E-state index is 11.2. The van der Waals surface area contributed by atoms with Crippen LogP contribution in [-0.4, -0.2) is 22.9 Å². The van der Waals surface area contributed by atoms with Crippen LogP contribution in [0.4, 0.5) is 5.82 Å². The van der Waals surface area contributed by atoms with E-state index in [9.17, 15) is 4.79 Å². The lowest BCUT2D eigenvalue weighted by molar-refractivity contribution is 0.0995. The van der Waals surface area contributed by atoms with Gasteiger partial charge in [0.25, 0.3) is 5.91 Å². The molecule has 0 saturated carbocycles.